The van der Waals surface area contributed by atoms with Crippen molar-refractivity contribution in [2.24, 2.45) is 5.92 Å². The lowest BCUT2D eigenvalue weighted by molar-refractivity contribution is -0.134. The lowest BCUT2D eigenvalue weighted by Crippen LogP contribution is -2.32. The van der Waals surface area contributed by atoms with Crippen LogP contribution >= 0.6 is 0 Å². The number of alkyl halides is 3. The third-order valence-corrected chi connectivity index (χ3v) is 4.06. The van der Waals surface area contributed by atoms with Crippen LogP contribution in [0.1, 0.15) is 19.3 Å². The maximum atomic E-state index is 11.8. The number of halogens is 3. The first kappa shape index (κ1) is 14.7. The summed E-state index contributed by atoms with van der Waals surface area (Å²) in [6.45, 7) is 1.92. The van der Waals surface area contributed by atoms with Crippen LogP contribution in [0.25, 0.3) is 0 Å². The molecule has 1 atom stereocenters. The minimum atomic E-state index is -4.29. The summed E-state index contributed by atoms with van der Waals surface area (Å²) in [7, 11) is -3.57. The lowest BCUT2D eigenvalue weighted by atomic mass is 10.1. The monoisotopic (exact) mass is 274 g/mol. The first-order valence-corrected chi connectivity index (χ1v) is 7.18. The van der Waals surface area contributed by atoms with Gasteiger partial charge in [-0.3, -0.25) is 0 Å². The zero-order valence-electron chi connectivity index (χ0n) is 9.39. The summed E-state index contributed by atoms with van der Waals surface area (Å²) in [6.07, 6.45) is -4.84. The largest absolute Gasteiger partial charge is 0.389 e. The Morgan fingerprint density at radius 3 is 2.59 bits per heavy atom. The van der Waals surface area contributed by atoms with Crippen molar-refractivity contribution in [2.75, 3.05) is 25.4 Å². The molecule has 2 N–H and O–H groups in total. The molecule has 1 aliphatic heterocycles. The fourth-order valence-electron chi connectivity index (χ4n) is 1.67. The van der Waals surface area contributed by atoms with Gasteiger partial charge in [0.2, 0.25) is 10.0 Å². The molecular formula is C9H17F3N2O2S. The second kappa shape index (κ2) is 6.01. The Bertz CT molecular complexity index is 324. The molecule has 0 spiro atoms. The normalized spacial score (nSPS) is 21.9. The molecule has 0 aromatic rings. The highest BCUT2D eigenvalue weighted by Crippen LogP contribution is 2.21. The maximum Gasteiger partial charge on any atom is 0.389 e. The van der Waals surface area contributed by atoms with Crippen LogP contribution in [0, 0.1) is 5.92 Å². The van der Waals surface area contributed by atoms with Gasteiger partial charge in [0.05, 0.1) is 5.75 Å². The predicted octanol–water partition coefficient (Wildman–Crippen LogP) is 0.858. The summed E-state index contributed by atoms with van der Waals surface area (Å²) >= 11 is 0. The fourth-order valence-corrected chi connectivity index (χ4v) is 2.83. The van der Waals surface area contributed by atoms with Gasteiger partial charge in [0.25, 0.3) is 0 Å². The highest BCUT2D eigenvalue weighted by Gasteiger charge is 2.27. The summed E-state index contributed by atoms with van der Waals surface area (Å²) < 4.78 is 60.6. The van der Waals surface area contributed by atoms with Gasteiger partial charge in [0, 0.05) is 13.0 Å². The lowest BCUT2D eigenvalue weighted by Gasteiger charge is -2.11. The first-order chi connectivity index (χ1) is 7.79. The van der Waals surface area contributed by atoms with Crippen molar-refractivity contribution < 1.29 is 21.6 Å². The smallest absolute Gasteiger partial charge is 0.316 e. The van der Waals surface area contributed by atoms with Crippen LogP contribution in [0.15, 0.2) is 0 Å². The Morgan fingerprint density at radius 2 is 2.06 bits per heavy atom. The Hall–Kier alpha value is -0.340. The molecule has 17 heavy (non-hydrogen) atoms. The molecule has 1 aliphatic rings. The van der Waals surface area contributed by atoms with Gasteiger partial charge in [0.15, 0.2) is 0 Å². The van der Waals surface area contributed by atoms with Gasteiger partial charge in [-0.05, 0) is 31.8 Å². The van der Waals surface area contributed by atoms with Crippen LogP contribution in [-0.4, -0.2) is 40.0 Å². The van der Waals surface area contributed by atoms with E-state index in [-0.39, 0.29) is 12.3 Å². The molecule has 1 unspecified atom stereocenters. The third kappa shape index (κ3) is 6.85. The third-order valence-electron chi connectivity index (χ3n) is 2.63. The van der Waals surface area contributed by atoms with Gasteiger partial charge in [-0.2, -0.15) is 13.2 Å². The summed E-state index contributed by atoms with van der Waals surface area (Å²) in [6, 6.07) is 0. The van der Waals surface area contributed by atoms with Crippen molar-refractivity contribution in [1.82, 2.24) is 10.0 Å². The Labute approximate surface area is 99.0 Å². The van der Waals surface area contributed by atoms with Crippen molar-refractivity contribution in [3.63, 3.8) is 0 Å². The van der Waals surface area contributed by atoms with Crippen LogP contribution in [-0.2, 0) is 10.0 Å². The topological polar surface area (TPSA) is 58.2 Å². The molecule has 0 aromatic heterocycles. The molecule has 0 radical (unpaired) electrons. The number of nitrogens with one attached hydrogen (secondary N) is 2. The van der Waals surface area contributed by atoms with E-state index in [4.69, 9.17) is 0 Å². The summed E-state index contributed by atoms with van der Waals surface area (Å²) in [5, 5.41) is 3.09. The van der Waals surface area contributed by atoms with Crippen molar-refractivity contribution in [1.29, 1.82) is 0 Å². The second-order valence-electron chi connectivity index (χ2n) is 4.24. The summed E-state index contributed by atoms with van der Waals surface area (Å²) in [5.74, 6) is -0.223. The average molecular weight is 274 g/mol. The van der Waals surface area contributed by atoms with Crippen LogP contribution in [0.5, 0.6) is 0 Å². The highest BCUT2D eigenvalue weighted by molar-refractivity contribution is 7.89. The molecule has 0 saturated carbocycles. The van der Waals surface area contributed by atoms with E-state index in [9.17, 15) is 21.6 Å². The van der Waals surface area contributed by atoms with Crippen molar-refractivity contribution >= 4 is 10.0 Å². The summed E-state index contributed by atoms with van der Waals surface area (Å²) in [5.41, 5.74) is 0. The molecule has 1 rings (SSSR count). The Balaban J connectivity index is 2.21. The minimum absolute atomic E-state index is 0.243. The van der Waals surface area contributed by atoms with Crippen LogP contribution in [0.4, 0.5) is 13.2 Å². The van der Waals surface area contributed by atoms with Crippen molar-refractivity contribution in [2.45, 2.75) is 25.4 Å². The van der Waals surface area contributed by atoms with Gasteiger partial charge in [-0.15, -0.1) is 0 Å². The SMILES string of the molecule is O=S(=O)(CCCC(F)(F)F)NCC1CCNC1. The molecular weight excluding hydrogens is 257 g/mol. The highest BCUT2D eigenvalue weighted by atomic mass is 32.2. The van der Waals surface area contributed by atoms with Gasteiger partial charge < -0.3 is 5.32 Å². The molecule has 0 aromatic carbocycles. The molecule has 0 amide bonds. The first-order valence-electron chi connectivity index (χ1n) is 5.53. The van der Waals surface area contributed by atoms with Crippen molar-refractivity contribution in [3.05, 3.63) is 0 Å². The zero-order valence-corrected chi connectivity index (χ0v) is 10.2. The fraction of sp³-hybridized carbons (Fsp3) is 1.00. The molecule has 0 aliphatic carbocycles. The number of hydrogen-bond donors (Lipinski definition) is 2. The number of hydrogen-bond acceptors (Lipinski definition) is 3. The van der Waals surface area contributed by atoms with Crippen LogP contribution in [0.2, 0.25) is 0 Å². The second-order valence-corrected chi connectivity index (χ2v) is 6.17. The number of sulfonamides is 1. The van der Waals surface area contributed by atoms with E-state index in [2.05, 4.69) is 10.0 Å². The van der Waals surface area contributed by atoms with Gasteiger partial charge >= 0.3 is 6.18 Å². The van der Waals surface area contributed by atoms with E-state index in [1.54, 1.807) is 0 Å². The average Bonchev–Trinajstić information content (AvgIpc) is 2.64. The molecule has 1 heterocycles. The van der Waals surface area contributed by atoms with E-state index in [0.29, 0.717) is 6.54 Å². The zero-order chi connectivity index (χ0) is 12.9. The van der Waals surface area contributed by atoms with E-state index in [1.807, 2.05) is 0 Å². The predicted molar refractivity (Wildman–Crippen MR) is 58.1 cm³/mol. The molecule has 1 fully saturated rings. The van der Waals surface area contributed by atoms with Gasteiger partial charge in [-0.1, -0.05) is 0 Å². The molecule has 4 nitrogen and oxygen atoms in total. The standard InChI is InChI=1S/C9H17F3N2O2S/c10-9(11,12)3-1-5-17(15,16)14-7-8-2-4-13-6-8/h8,13-14H,1-7H2. The minimum Gasteiger partial charge on any atom is -0.316 e. The van der Waals surface area contributed by atoms with E-state index in [1.165, 1.54) is 0 Å². The summed E-state index contributed by atoms with van der Waals surface area (Å²) in [4.78, 5) is 0. The molecule has 0 bridgehead atoms. The molecule has 102 valence electrons. The van der Waals surface area contributed by atoms with Crippen molar-refractivity contribution in [3.8, 4) is 0 Å². The Morgan fingerprint density at radius 1 is 1.35 bits per heavy atom. The molecule has 8 heteroatoms. The van der Waals surface area contributed by atoms with E-state index >= 15 is 0 Å². The maximum absolute atomic E-state index is 11.8. The number of rotatable bonds is 6. The van der Waals surface area contributed by atoms with E-state index in [0.717, 1.165) is 19.5 Å². The quantitative estimate of drug-likeness (QED) is 0.755. The van der Waals surface area contributed by atoms with Crippen LogP contribution in [0.3, 0.4) is 0 Å². The van der Waals surface area contributed by atoms with E-state index < -0.39 is 28.4 Å². The van der Waals surface area contributed by atoms with Gasteiger partial charge in [0.1, 0.15) is 0 Å². The van der Waals surface area contributed by atoms with Gasteiger partial charge in [-0.25, -0.2) is 13.1 Å². The van der Waals surface area contributed by atoms with Crippen LogP contribution < -0.4 is 10.0 Å². The molecule has 1 saturated heterocycles. The Kier molecular flexibility index (Phi) is 5.21.